The minimum atomic E-state index is -0.778. The molecule has 1 aromatic rings. The maximum atomic E-state index is 12.2. The van der Waals surface area contributed by atoms with E-state index in [-0.39, 0.29) is 11.5 Å². The highest BCUT2D eigenvalue weighted by Crippen LogP contribution is 2.45. The monoisotopic (exact) mass is 346 g/mol. The normalized spacial score (nSPS) is 22.7. The predicted octanol–water partition coefficient (Wildman–Crippen LogP) is 2.44. The van der Waals surface area contributed by atoms with Crippen LogP contribution < -0.4 is 0 Å². The van der Waals surface area contributed by atoms with Crippen molar-refractivity contribution in [2.45, 2.75) is 32.9 Å². The first kappa shape index (κ1) is 17.7. The van der Waals surface area contributed by atoms with Crippen molar-refractivity contribution in [1.29, 1.82) is 0 Å². The molecule has 6 nitrogen and oxygen atoms in total. The summed E-state index contributed by atoms with van der Waals surface area (Å²) in [5, 5.41) is 9.65. The average Bonchev–Trinajstić information content (AvgIpc) is 2.84. The third-order valence-corrected chi connectivity index (χ3v) is 4.93. The van der Waals surface area contributed by atoms with Crippen molar-refractivity contribution >= 4 is 12.1 Å². The number of hydrogen-bond donors (Lipinski definition) is 1. The second-order valence-electron chi connectivity index (χ2n) is 8.24. The van der Waals surface area contributed by atoms with Crippen molar-refractivity contribution in [3.8, 4) is 0 Å². The van der Waals surface area contributed by atoms with Crippen molar-refractivity contribution < 1.29 is 19.4 Å². The molecule has 2 heterocycles. The number of benzene rings is 1. The summed E-state index contributed by atoms with van der Waals surface area (Å²) >= 11 is 0. The molecule has 25 heavy (non-hydrogen) atoms. The predicted molar refractivity (Wildman–Crippen MR) is 93.1 cm³/mol. The van der Waals surface area contributed by atoms with Gasteiger partial charge in [-0.1, -0.05) is 30.3 Å². The molecule has 0 aromatic heterocycles. The molecule has 0 bridgehead atoms. The maximum Gasteiger partial charge on any atom is 0.410 e. The van der Waals surface area contributed by atoms with Crippen LogP contribution in [0.25, 0.3) is 0 Å². The first-order chi connectivity index (χ1) is 11.7. The number of carbonyl (C=O) groups is 2. The number of likely N-dealkylation sites (tertiary alicyclic amines) is 2. The minimum absolute atomic E-state index is 0.358. The minimum Gasteiger partial charge on any atom is -0.481 e. The standard InChI is InChI=1S/C19H26N2O4/c1-18(2,3)25-17(24)21-12-19(13-21)11-20(10-15(19)16(22)23)9-14-7-5-4-6-8-14/h4-8,15H,9-13H2,1-3H3,(H,22,23)/t15-/m1/s1. The fourth-order valence-electron chi connectivity index (χ4n) is 3.86. The lowest BCUT2D eigenvalue weighted by Gasteiger charge is -2.49. The lowest BCUT2D eigenvalue weighted by molar-refractivity contribution is -0.149. The van der Waals surface area contributed by atoms with Gasteiger partial charge in [-0.3, -0.25) is 9.69 Å². The van der Waals surface area contributed by atoms with Crippen LogP contribution in [0, 0.1) is 11.3 Å². The van der Waals surface area contributed by atoms with Gasteiger partial charge in [-0.05, 0) is 26.3 Å². The Morgan fingerprint density at radius 2 is 1.84 bits per heavy atom. The molecule has 1 amide bonds. The topological polar surface area (TPSA) is 70.1 Å². The van der Waals surface area contributed by atoms with Crippen molar-refractivity contribution in [2.75, 3.05) is 26.2 Å². The van der Waals surface area contributed by atoms with Crippen LogP contribution >= 0.6 is 0 Å². The molecule has 0 unspecified atom stereocenters. The molecule has 0 saturated carbocycles. The van der Waals surface area contributed by atoms with Gasteiger partial charge in [-0.2, -0.15) is 0 Å². The van der Waals surface area contributed by atoms with Gasteiger partial charge in [0.1, 0.15) is 5.60 Å². The van der Waals surface area contributed by atoms with Gasteiger partial charge in [-0.15, -0.1) is 0 Å². The molecule has 2 saturated heterocycles. The number of carboxylic acid groups (broad SMARTS) is 1. The van der Waals surface area contributed by atoms with Gasteiger partial charge in [0.05, 0.1) is 5.92 Å². The fourth-order valence-corrected chi connectivity index (χ4v) is 3.86. The van der Waals surface area contributed by atoms with Crippen molar-refractivity contribution in [3.63, 3.8) is 0 Å². The van der Waals surface area contributed by atoms with E-state index in [0.29, 0.717) is 26.2 Å². The summed E-state index contributed by atoms with van der Waals surface area (Å²) in [5.41, 5.74) is 0.269. The number of nitrogens with zero attached hydrogens (tertiary/aromatic N) is 2. The van der Waals surface area contributed by atoms with E-state index in [2.05, 4.69) is 17.0 Å². The number of rotatable bonds is 3. The van der Waals surface area contributed by atoms with Gasteiger partial charge in [-0.25, -0.2) is 4.79 Å². The van der Waals surface area contributed by atoms with Crippen molar-refractivity contribution in [1.82, 2.24) is 9.80 Å². The van der Waals surface area contributed by atoms with E-state index in [1.807, 2.05) is 39.0 Å². The molecule has 1 aromatic carbocycles. The summed E-state index contributed by atoms with van der Waals surface area (Å²) in [5.74, 6) is -1.23. The molecule has 2 aliphatic heterocycles. The first-order valence-electron chi connectivity index (χ1n) is 8.66. The molecular formula is C19H26N2O4. The zero-order valence-electron chi connectivity index (χ0n) is 15.1. The molecule has 1 spiro atoms. The first-order valence-corrected chi connectivity index (χ1v) is 8.66. The zero-order chi connectivity index (χ0) is 18.2. The summed E-state index contributed by atoms with van der Waals surface area (Å²) < 4.78 is 5.39. The largest absolute Gasteiger partial charge is 0.481 e. The summed E-state index contributed by atoms with van der Waals surface area (Å²) in [6, 6.07) is 10.1. The summed E-state index contributed by atoms with van der Waals surface area (Å²) in [6.07, 6.45) is -0.358. The second kappa shape index (κ2) is 6.33. The van der Waals surface area contributed by atoms with E-state index in [4.69, 9.17) is 4.74 Å². The zero-order valence-corrected chi connectivity index (χ0v) is 15.1. The molecule has 0 aliphatic carbocycles. The molecule has 2 aliphatic rings. The Balaban J connectivity index is 1.65. The van der Waals surface area contributed by atoms with Crippen LogP contribution in [0.4, 0.5) is 4.79 Å². The smallest absolute Gasteiger partial charge is 0.410 e. The van der Waals surface area contributed by atoms with Crippen LogP contribution in [0.1, 0.15) is 26.3 Å². The quantitative estimate of drug-likeness (QED) is 0.910. The Bertz CT molecular complexity index is 647. The number of amides is 1. The maximum absolute atomic E-state index is 12.2. The third kappa shape index (κ3) is 3.79. The van der Waals surface area contributed by atoms with Gasteiger partial charge in [0.2, 0.25) is 0 Å². The number of hydrogen-bond acceptors (Lipinski definition) is 4. The van der Waals surface area contributed by atoms with Gasteiger partial charge < -0.3 is 14.7 Å². The summed E-state index contributed by atoms with van der Waals surface area (Å²) in [4.78, 5) is 27.7. The van der Waals surface area contributed by atoms with Gasteiger partial charge >= 0.3 is 12.1 Å². The van der Waals surface area contributed by atoms with E-state index in [0.717, 1.165) is 6.54 Å². The molecule has 3 rings (SSSR count). The van der Waals surface area contributed by atoms with E-state index in [9.17, 15) is 14.7 Å². The van der Waals surface area contributed by atoms with Crippen LogP contribution in [0.15, 0.2) is 30.3 Å². The van der Waals surface area contributed by atoms with Crippen molar-refractivity contribution in [2.24, 2.45) is 11.3 Å². The Kier molecular flexibility index (Phi) is 4.49. The van der Waals surface area contributed by atoms with Crippen LogP contribution in [0.2, 0.25) is 0 Å². The van der Waals surface area contributed by atoms with E-state index >= 15 is 0 Å². The Morgan fingerprint density at radius 1 is 1.20 bits per heavy atom. The lowest BCUT2D eigenvalue weighted by atomic mass is 9.72. The molecule has 6 heteroatoms. The summed E-state index contributed by atoms with van der Waals surface area (Å²) in [7, 11) is 0. The Hall–Kier alpha value is -2.08. The Labute approximate surface area is 148 Å². The SMILES string of the molecule is CC(C)(C)OC(=O)N1CC2(CN(Cc3ccccc3)C[C@@H]2C(=O)O)C1. The summed E-state index contributed by atoms with van der Waals surface area (Å²) in [6.45, 7) is 8.34. The highest BCUT2D eigenvalue weighted by molar-refractivity contribution is 5.74. The van der Waals surface area contributed by atoms with Crippen molar-refractivity contribution in [3.05, 3.63) is 35.9 Å². The highest BCUT2D eigenvalue weighted by Gasteiger charge is 2.58. The van der Waals surface area contributed by atoms with Gasteiger partial charge in [0.25, 0.3) is 0 Å². The molecule has 0 radical (unpaired) electrons. The van der Waals surface area contributed by atoms with Crippen LogP contribution in [-0.4, -0.2) is 58.7 Å². The number of ether oxygens (including phenoxy) is 1. The molecule has 1 N–H and O–H groups in total. The number of carboxylic acids is 1. The van der Waals surface area contributed by atoms with Gasteiger partial charge in [0, 0.05) is 38.1 Å². The number of aliphatic carboxylic acids is 1. The highest BCUT2D eigenvalue weighted by atomic mass is 16.6. The Morgan fingerprint density at radius 3 is 2.40 bits per heavy atom. The van der Waals surface area contributed by atoms with E-state index in [1.165, 1.54) is 5.56 Å². The average molecular weight is 346 g/mol. The second-order valence-corrected chi connectivity index (χ2v) is 8.24. The molecule has 1 atom stereocenters. The fraction of sp³-hybridized carbons (Fsp3) is 0.579. The molecule has 136 valence electrons. The molecule has 2 fully saturated rings. The third-order valence-electron chi connectivity index (χ3n) is 4.93. The number of carbonyl (C=O) groups excluding carboxylic acids is 1. The van der Waals surface area contributed by atoms with E-state index in [1.54, 1.807) is 4.90 Å². The van der Waals surface area contributed by atoms with Crippen LogP contribution in [-0.2, 0) is 16.1 Å². The van der Waals surface area contributed by atoms with E-state index < -0.39 is 17.5 Å². The van der Waals surface area contributed by atoms with Crippen LogP contribution in [0.3, 0.4) is 0 Å². The lowest BCUT2D eigenvalue weighted by Crippen LogP contribution is -2.63. The molecular weight excluding hydrogens is 320 g/mol. The van der Waals surface area contributed by atoms with Gasteiger partial charge in [0.15, 0.2) is 0 Å². The van der Waals surface area contributed by atoms with Crippen LogP contribution in [0.5, 0.6) is 0 Å².